The highest BCUT2D eigenvalue weighted by atomic mass is 127. The summed E-state index contributed by atoms with van der Waals surface area (Å²) in [5.41, 5.74) is 1.24. The van der Waals surface area contributed by atoms with Gasteiger partial charge in [0.05, 0.1) is 12.3 Å². The van der Waals surface area contributed by atoms with Gasteiger partial charge >= 0.3 is 0 Å². The quantitative estimate of drug-likeness (QED) is 0.833. The Bertz CT molecular complexity index is 436. The van der Waals surface area contributed by atoms with Gasteiger partial charge in [0.1, 0.15) is 5.76 Å². The maximum absolute atomic E-state index is 5.51. The molecule has 3 heteroatoms. The van der Waals surface area contributed by atoms with E-state index in [9.17, 15) is 0 Å². The first-order chi connectivity index (χ1) is 8.31. The van der Waals surface area contributed by atoms with Crippen LogP contribution in [0, 0.1) is 3.57 Å². The summed E-state index contributed by atoms with van der Waals surface area (Å²) >= 11 is 2.32. The zero-order chi connectivity index (χ0) is 12.1. The van der Waals surface area contributed by atoms with Crippen molar-refractivity contribution < 1.29 is 4.42 Å². The SMILES string of the molecule is CCCNC(c1ccc(I)cc1)c1ccco1. The summed E-state index contributed by atoms with van der Waals surface area (Å²) in [7, 11) is 0. The van der Waals surface area contributed by atoms with Crippen molar-refractivity contribution in [1.29, 1.82) is 0 Å². The molecule has 0 saturated carbocycles. The Hall–Kier alpha value is -0.810. The van der Waals surface area contributed by atoms with Crippen molar-refractivity contribution >= 4 is 22.6 Å². The third-order valence-electron chi connectivity index (χ3n) is 2.63. The fourth-order valence-electron chi connectivity index (χ4n) is 1.78. The lowest BCUT2D eigenvalue weighted by atomic mass is 10.0. The molecule has 0 amide bonds. The molecule has 0 radical (unpaired) electrons. The fraction of sp³-hybridized carbons (Fsp3) is 0.286. The van der Waals surface area contributed by atoms with Crippen LogP contribution in [-0.2, 0) is 0 Å². The molecule has 1 atom stereocenters. The first kappa shape index (κ1) is 12.6. The van der Waals surface area contributed by atoms with Crippen LogP contribution in [0.25, 0.3) is 0 Å². The molecule has 1 heterocycles. The molecule has 1 aromatic carbocycles. The molecule has 1 N–H and O–H groups in total. The van der Waals surface area contributed by atoms with Crippen molar-refractivity contribution in [3.8, 4) is 0 Å². The van der Waals surface area contributed by atoms with E-state index in [0.29, 0.717) is 0 Å². The van der Waals surface area contributed by atoms with E-state index in [-0.39, 0.29) is 6.04 Å². The Morgan fingerprint density at radius 1 is 1.24 bits per heavy atom. The normalized spacial score (nSPS) is 12.6. The van der Waals surface area contributed by atoms with Crippen molar-refractivity contribution in [2.24, 2.45) is 0 Å². The molecule has 0 fully saturated rings. The van der Waals surface area contributed by atoms with Gasteiger partial charge in [-0.05, 0) is 65.4 Å². The van der Waals surface area contributed by atoms with Crippen molar-refractivity contribution in [2.45, 2.75) is 19.4 Å². The summed E-state index contributed by atoms with van der Waals surface area (Å²) in [5, 5.41) is 3.51. The van der Waals surface area contributed by atoms with Crippen LogP contribution < -0.4 is 5.32 Å². The highest BCUT2D eigenvalue weighted by molar-refractivity contribution is 14.1. The maximum atomic E-state index is 5.51. The van der Waals surface area contributed by atoms with E-state index in [0.717, 1.165) is 18.7 Å². The van der Waals surface area contributed by atoms with Crippen molar-refractivity contribution in [3.63, 3.8) is 0 Å². The molecule has 2 aromatic rings. The van der Waals surface area contributed by atoms with E-state index < -0.39 is 0 Å². The molecule has 1 unspecified atom stereocenters. The molecule has 0 saturated heterocycles. The van der Waals surface area contributed by atoms with Gasteiger partial charge in [0.25, 0.3) is 0 Å². The zero-order valence-electron chi connectivity index (χ0n) is 9.82. The molecule has 2 nitrogen and oxygen atoms in total. The number of halogens is 1. The number of benzene rings is 1. The van der Waals surface area contributed by atoms with Gasteiger partial charge in [-0.3, -0.25) is 0 Å². The second-order valence-electron chi connectivity index (χ2n) is 3.95. The van der Waals surface area contributed by atoms with E-state index in [1.165, 1.54) is 9.13 Å². The van der Waals surface area contributed by atoms with Crippen LogP contribution in [-0.4, -0.2) is 6.54 Å². The van der Waals surface area contributed by atoms with Crippen LogP contribution in [0.4, 0.5) is 0 Å². The third kappa shape index (κ3) is 3.33. The molecule has 0 spiro atoms. The lowest BCUT2D eigenvalue weighted by Crippen LogP contribution is -2.22. The summed E-state index contributed by atoms with van der Waals surface area (Å²) in [6, 6.07) is 12.7. The van der Waals surface area contributed by atoms with E-state index in [1.54, 1.807) is 6.26 Å². The average molecular weight is 341 g/mol. The lowest BCUT2D eigenvalue weighted by molar-refractivity contribution is 0.446. The first-order valence-corrected chi connectivity index (χ1v) is 6.91. The number of furan rings is 1. The van der Waals surface area contributed by atoms with Gasteiger partial charge in [-0.25, -0.2) is 0 Å². The summed E-state index contributed by atoms with van der Waals surface area (Å²) in [6.45, 7) is 3.15. The predicted molar refractivity (Wildman–Crippen MR) is 78.0 cm³/mol. The smallest absolute Gasteiger partial charge is 0.125 e. The Kier molecular flexibility index (Phi) is 4.62. The molecule has 0 aliphatic rings. The van der Waals surface area contributed by atoms with Crippen molar-refractivity contribution in [3.05, 3.63) is 57.6 Å². The van der Waals surface area contributed by atoms with Crippen LogP contribution in [0.1, 0.15) is 30.7 Å². The standard InChI is InChI=1S/C14H16INO/c1-2-9-16-14(13-4-3-10-17-13)11-5-7-12(15)8-6-11/h3-8,10,14,16H,2,9H2,1H3. The topological polar surface area (TPSA) is 25.2 Å². The van der Waals surface area contributed by atoms with Crippen LogP contribution in [0.2, 0.25) is 0 Å². The van der Waals surface area contributed by atoms with Crippen molar-refractivity contribution in [2.75, 3.05) is 6.54 Å². The summed E-state index contributed by atoms with van der Waals surface area (Å²) in [4.78, 5) is 0. The molecule has 0 bridgehead atoms. The second kappa shape index (κ2) is 6.21. The van der Waals surface area contributed by atoms with E-state index in [1.807, 2.05) is 12.1 Å². The van der Waals surface area contributed by atoms with Gasteiger partial charge < -0.3 is 9.73 Å². The van der Waals surface area contributed by atoms with E-state index in [2.05, 4.69) is 59.1 Å². The molecular formula is C14H16INO. The Morgan fingerprint density at radius 2 is 2.00 bits per heavy atom. The van der Waals surface area contributed by atoms with Gasteiger partial charge in [-0.1, -0.05) is 19.1 Å². The Labute approximate surface area is 116 Å². The average Bonchev–Trinajstić information content (AvgIpc) is 2.85. The lowest BCUT2D eigenvalue weighted by Gasteiger charge is -2.16. The van der Waals surface area contributed by atoms with Crippen LogP contribution in [0.5, 0.6) is 0 Å². The second-order valence-corrected chi connectivity index (χ2v) is 5.20. The largest absolute Gasteiger partial charge is 0.467 e. The fourth-order valence-corrected chi connectivity index (χ4v) is 2.14. The molecule has 0 aliphatic carbocycles. The van der Waals surface area contributed by atoms with Crippen molar-refractivity contribution in [1.82, 2.24) is 5.32 Å². The summed E-state index contributed by atoms with van der Waals surface area (Å²) < 4.78 is 6.76. The molecule has 1 aromatic heterocycles. The molecule has 17 heavy (non-hydrogen) atoms. The van der Waals surface area contributed by atoms with Gasteiger partial charge in [-0.2, -0.15) is 0 Å². The minimum atomic E-state index is 0.155. The predicted octanol–water partition coefficient (Wildman–Crippen LogP) is 3.97. The Morgan fingerprint density at radius 3 is 2.59 bits per heavy atom. The minimum absolute atomic E-state index is 0.155. The summed E-state index contributed by atoms with van der Waals surface area (Å²) in [6.07, 6.45) is 2.84. The maximum Gasteiger partial charge on any atom is 0.125 e. The van der Waals surface area contributed by atoms with E-state index >= 15 is 0 Å². The molecular weight excluding hydrogens is 325 g/mol. The minimum Gasteiger partial charge on any atom is -0.467 e. The zero-order valence-corrected chi connectivity index (χ0v) is 12.0. The van der Waals surface area contributed by atoms with Crippen LogP contribution in [0.3, 0.4) is 0 Å². The highest BCUT2D eigenvalue weighted by Crippen LogP contribution is 2.23. The van der Waals surface area contributed by atoms with Gasteiger partial charge in [0.15, 0.2) is 0 Å². The number of hydrogen-bond acceptors (Lipinski definition) is 2. The third-order valence-corrected chi connectivity index (χ3v) is 3.35. The monoisotopic (exact) mass is 341 g/mol. The van der Waals surface area contributed by atoms with Crippen LogP contribution in [0.15, 0.2) is 47.1 Å². The first-order valence-electron chi connectivity index (χ1n) is 5.83. The molecule has 2 rings (SSSR count). The van der Waals surface area contributed by atoms with Gasteiger partial charge in [0.2, 0.25) is 0 Å². The van der Waals surface area contributed by atoms with Gasteiger partial charge in [-0.15, -0.1) is 0 Å². The summed E-state index contributed by atoms with van der Waals surface area (Å²) in [5.74, 6) is 0.972. The number of hydrogen-bond donors (Lipinski definition) is 1. The molecule has 0 aliphatic heterocycles. The Balaban J connectivity index is 2.23. The van der Waals surface area contributed by atoms with Gasteiger partial charge in [0, 0.05) is 3.57 Å². The van der Waals surface area contributed by atoms with E-state index in [4.69, 9.17) is 4.42 Å². The van der Waals surface area contributed by atoms with Crippen LogP contribution >= 0.6 is 22.6 Å². The molecule has 90 valence electrons. The highest BCUT2D eigenvalue weighted by Gasteiger charge is 2.15. The number of rotatable bonds is 5. The number of nitrogens with one attached hydrogen (secondary N) is 1.